The van der Waals surface area contributed by atoms with Crippen LogP contribution in [0.2, 0.25) is 0 Å². The summed E-state index contributed by atoms with van der Waals surface area (Å²) in [5.41, 5.74) is 6.73. The van der Waals surface area contributed by atoms with E-state index < -0.39 is 144 Å². The van der Waals surface area contributed by atoms with Gasteiger partial charge in [0.05, 0.1) is 61.5 Å². The Kier molecular flexibility index (Phi) is 37.1. The molecular weight excluding hydrogens is 1270 g/mol. The number of rotatable bonds is 42. The van der Waals surface area contributed by atoms with Gasteiger partial charge in [0.1, 0.15) is 37.4 Å². The van der Waals surface area contributed by atoms with Gasteiger partial charge in [-0.3, -0.25) is 38.5 Å². The van der Waals surface area contributed by atoms with Crippen molar-refractivity contribution in [1.29, 1.82) is 0 Å². The highest BCUT2D eigenvalue weighted by atomic mass is 16.7. The number of likely N-dealkylation sites (N-methyl/N-ethyl adjacent to an activating group) is 2. The second kappa shape index (κ2) is 43.0. The maximum absolute atomic E-state index is 14.8. The summed E-state index contributed by atoms with van der Waals surface area (Å²) in [7, 11) is 7.41. The molecular formula is C69H113N11O18. The van der Waals surface area contributed by atoms with Crippen LogP contribution in [-0.4, -0.2) is 220 Å². The van der Waals surface area contributed by atoms with Crippen molar-refractivity contribution in [2.75, 3.05) is 73.6 Å². The van der Waals surface area contributed by atoms with Gasteiger partial charge in [0.25, 0.3) is 0 Å². The molecule has 1 fully saturated rings. The van der Waals surface area contributed by atoms with E-state index in [0.29, 0.717) is 49.0 Å². The molecule has 0 bridgehead atoms. The summed E-state index contributed by atoms with van der Waals surface area (Å²) in [6, 6.07) is 8.45. The predicted molar refractivity (Wildman–Crippen MR) is 366 cm³/mol. The first-order chi connectivity index (χ1) is 46.4. The first-order valence-corrected chi connectivity index (χ1v) is 34.0. The van der Waals surface area contributed by atoms with Crippen molar-refractivity contribution < 1.29 is 86.6 Å². The minimum absolute atomic E-state index is 0.0450. The van der Waals surface area contributed by atoms with Crippen LogP contribution in [0, 0.1) is 29.6 Å². The van der Waals surface area contributed by atoms with Crippen molar-refractivity contribution in [2.45, 2.75) is 207 Å². The molecule has 0 spiro atoms. The van der Waals surface area contributed by atoms with Crippen LogP contribution >= 0.6 is 0 Å². The fourth-order valence-electron chi connectivity index (χ4n) is 11.8. The van der Waals surface area contributed by atoms with Gasteiger partial charge in [0.2, 0.25) is 41.4 Å². The van der Waals surface area contributed by atoms with E-state index in [0.717, 1.165) is 4.90 Å². The molecule has 1 heterocycles. The molecule has 2 aromatic carbocycles. The van der Waals surface area contributed by atoms with Crippen LogP contribution in [0.4, 0.5) is 20.1 Å². The van der Waals surface area contributed by atoms with Gasteiger partial charge >= 0.3 is 18.2 Å². The van der Waals surface area contributed by atoms with Crippen molar-refractivity contribution in [2.24, 2.45) is 35.3 Å². The normalized spacial score (nSPS) is 17.0. The Morgan fingerprint density at radius 2 is 1.36 bits per heavy atom. The topological polar surface area (TPSA) is 386 Å². The lowest BCUT2D eigenvalue weighted by atomic mass is 9.89. The minimum atomic E-state index is -1.16. The highest BCUT2D eigenvalue weighted by Crippen LogP contribution is 2.31. The summed E-state index contributed by atoms with van der Waals surface area (Å²) < 4.78 is 33.5. The number of urea groups is 1. The van der Waals surface area contributed by atoms with Gasteiger partial charge in [-0.05, 0) is 86.0 Å². The second-order valence-electron chi connectivity index (χ2n) is 26.1. The van der Waals surface area contributed by atoms with Gasteiger partial charge in [0.15, 0.2) is 6.29 Å². The number of benzene rings is 2. The lowest BCUT2D eigenvalue weighted by molar-refractivity contribution is -0.181. The molecule has 2 unspecified atom stereocenters. The Bertz CT molecular complexity index is 2830. The Hall–Kier alpha value is -7.70. The summed E-state index contributed by atoms with van der Waals surface area (Å²) in [6.07, 6.45) is -3.23. The first kappa shape index (κ1) is 84.5. The van der Waals surface area contributed by atoms with E-state index >= 15 is 0 Å². The van der Waals surface area contributed by atoms with Crippen molar-refractivity contribution in [1.82, 2.24) is 46.6 Å². The zero-order valence-electron chi connectivity index (χ0n) is 60.3. The molecule has 98 heavy (non-hydrogen) atoms. The van der Waals surface area contributed by atoms with Gasteiger partial charge in [-0.1, -0.05) is 118 Å². The van der Waals surface area contributed by atoms with Crippen molar-refractivity contribution >= 4 is 65.3 Å². The van der Waals surface area contributed by atoms with Gasteiger partial charge in [-0.2, -0.15) is 0 Å². The third-order valence-corrected chi connectivity index (χ3v) is 17.8. The molecule has 2 aromatic rings. The number of alkyl carbamates (subject to hydrolysis) is 1. The lowest BCUT2D eigenvalue weighted by Gasteiger charge is -2.41. The Morgan fingerprint density at radius 3 is 1.92 bits per heavy atom. The number of ether oxygens (including phenoxy) is 6. The monoisotopic (exact) mass is 1380 g/mol. The number of methoxy groups -OCH3 is 3. The number of nitrogens with zero attached hydrogens (tertiary/aromatic N) is 3. The zero-order valence-corrected chi connectivity index (χ0v) is 60.3. The smallest absolute Gasteiger partial charge is 0.410 e. The average molecular weight is 1380 g/mol. The van der Waals surface area contributed by atoms with Crippen LogP contribution in [0.15, 0.2) is 54.6 Å². The number of amides is 11. The number of nitrogens with one attached hydrogen (secondary N) is 7. The average Bonchev–Trinajstić information content (AvgIpc) is 1.40. The molecule has 29 heteroatoms. The molecule has 552 valence electrons. The van der Waals surface area contributed by atoms with Crippen molar-refractivity contribution in [3.8, 4) is 0 Å². The third kappa shape index (κ3) is 26.5. The molecule has 0 radical (unpaired) electrons. The number of carbonyl (C=O) groups is 10. The molecule has 1 aliphatic rings. The maximum atomic E-state index is 14.8. The fraction of sp³-hybridized carbons (Fsp3) is 0.681. The summed E-state index contributed by atoms with van der Waals surface area (Å²) in [5, 5.41) is 39.3. The highest BCUT2D eigenvalue weighted by Gasteiger charge is 2.44. The standard InChI is InChI=1S/C69H113N11O18/c1-17-43(9)59(52(93-14)36-54(83)80-35-23-27-51(80)61(95-16)44(10)62(85)73-45(11)60(84)47-24-20-19-21-25-47)78(12)66(89)57(41(5)6)77-65(88)58(42(7)8)79(13)69(92)97-38-46-28-30-48(31-29-46)74-63(86)50(26-22-33-71-67(70)90)75-64(87)56(40(3)4)76-53(82)32-34-72-68(91)96-39-55(94-15)98-49(18-2)37-81/h19-21,24-25,28-31,40-45,49-52,55-61,81,84H,17-18,22-23,26-27,32-39H2,1-16H3,(H,72,91)(H,73,85)(H,74,86)(H,75,87)(H,76,82)(H,77,88)(H3,70,71,90)/t43-,44+,45+,49?,50+,51-,52+,55?,56+,57-,58-,59-,60+,61+/m0/s1. The van der Waals surface area contributed by atoms with Crippen LogP contribution in [0.5, 0.6) is 0 Å². The van der Waals surface area contributed by atoms with E-state index in [9.17, 15) is 58.2 Å². The van der Waals surface area contributed by atoms with Crippen molar-refractivity contribution in [3.63, 3.8) is 0 Å². The van der Waals surface area contributed by atoms with E-state index in [2.05, 4.69) is 37.2 Å². The number of anilines is 1. The largest absolute Gasteiger partial charge is 0.445 e. The predicted octanol–water partition coefficient (Wildman–Crippen LogP) is 4.47. The van der Waals surface area contributed by atoms with E-state index in [1.54, 1.807) is 109 Å². The summed E-state index contributed by atoms with van der Waals surface area (Å²) in [5.74, 6) is -5.70. The summed E-state index contributed by atoms with van der Waals surface area (Å²) in [6.45, 7) is 19.3. The first-order valence-electron chi connectivity index (χ1n) is 34.0. The van der Waals surface area contributed by atoms with Gasteiger partial charge < -0.3 is 91.4 Å². The van der Waals surface area contributed by atoms with E-state index in [1.165, 1.54) is 28.4 Å². The minimum Gasteiger partial charge on any atom is -0.445 e. The van der Waals surface area contributed by atoms with Gasteiger partial charge in [-0.25, -0.2) is 14.4 Å². The molecule has 11 amide bonds. The molecule has 1 aliphatic heterocycles. The Balaban J connectivity index is 1.67. The molecule has 14 atom stereocenters. The summed E-state index contributed by atoms with van der Waals surface area (Å²) in [4.78, 5) is 140. The van der Waals surface area contributed by atoms with Crippen LogP contribution in [0.3, 0.4) is 0 Å². The molecule has 0 aromatic heterocycles. The van der Waals surface area contributed by atoms with Crippen LogP contribution in [-0.2, 0) is 68.6 Å². The van der Waals surface area contributed by atoms with Crippen LogP contribution < -0.4 is 43.0 Å². The Labute approximate surface area is 578 Å². The number of hydrogen-bond donors (Lipinski definition) is 10. The molecule has 0 saturated carbocycles. The third-order valence-electron chi connectivity index (χ3n) is 17.8. The number of primary amides is 1. The number of carbonyl (C=O) groups excluding carboxylic acids is 10. The van der Waals surface area contributed by atoms with E-state index in [-0.39, 0.29) is 76.3 Å². The van der Waals surface area contributed by atoms with Crippen LogP contribution in [0.25, 0.3) is 0 Å². The van der Waals surface area contributed by atoms with Crippen molar-refractivity contribution in [3.05, 3.63) is 65.7 Å². The number of nitrogens with two attached hydrogens (primary N) is 1. The zero-order chi connectivity index (χ0) is 73.5. The second-order valence-corrected chi connectivity index (χ2v) is 26.1. The van der Waals surface area contributed by atoms with E-state index in [4.69, 9.17) is 34.2 Å². The highest BCUT2D eigenvalue weighted by molar-refractivity contribution is 5.98. The maximum Gasteiger partial charge on any atom is 0.410 e. The number of aliphatic hydroxyl groups excluding tert-OH is 2. The number of aliphatic hydroxyl groups is 2. The number of likely N-dealkylation sites (tertiary alicyclic amines) is 1. The fourth-order valence-corrected chi connectivity index (χ4v) is 11.8. The number of hydrogen-bond acceptors (Lipinski definition) is 18. The molecule has 11 N–H and O–H groups in total. The molecule has 3 rings (SSSR count). The quantitative estimate of drug-likeness (QED) is 0.0324. The van der Waals surface area contributed by atoms with Crippen LogP contribution in [0.1, 0.15) is 145 Å². The van der Waals surface area contributed by atoms with Gasteiger partial charge in [0, 0.05) is 67.2 Å². The Morgan fingerprint density at radius 1 is 0.704 bits per heavy atom. The lowest BCUT2D eigenvalue weighted by Crippen LogP contribution is -2.60. The summed E-state index contributed by atoms with van der Waals surface area (Å²) >= 11 is 0. The van der Waals surface area contributed by atoms with Gasteiger partial charge in [-0.15, -0.1) is 0 Å². The van der Waals surface area contributed by atoms with E-state index in [1.807, 2.05) is 39.0 Å². The molecule has 1 saturated heterocycles. The molecule has 0 aliphatic carbocycles. The SMILES string of the molecule is CCC(CO)OC(COC(=O)NCCC(=O)N[C@@H](C(=O)N[C@H](CCCNC(N)=O)C(=O)Nc1ccc(COC(=O)N(C)[C@H](C(=O)N[C@H](C(=O)N(C)[C@@H]([C@@H](C)CC)[C@@H](CC(=O)N2CCC[C@H]2[C@H](OC)[C@@H](C)C(=O)N[C@H](C)[C@@H](O)c2ccccc2)OC)C(C)C)C(C)C)cc1)C(C)C)OC. The molecule has 29 nitrogen and oxygen atoms in total.